The van der Waals surface area contributed by atoms with Crippen LogP contribution in [0.25, 0.3) is 0 Å². The summed E-state index contributed by atoms with van der Waals surface area (Å²) >= 11 is 0. The molecular formula is C19H30N6O2. The normalized spacial score (nSPS) is 16.5. The van der Waals surface area contributed by atoms with Gasteiger partial charge in [-0.3, -0.25) is 4.90 Å². The zero-order valence-electron chi connectivity index (χ0n) is 16.5. The average Bonchev–Trinajstić information content (AvgIpc) is 3.19. The Kier molecular flexibility index (Phi) is 7.00. The SMILES string of the molecule is CCC[C@@H](c1nnnn1CCOC)N1CCN(c2ccc(OC)cc2)CC1. The molecule has 0 N–H and O–H groups in total. The fourth-order valence-electron chi connectivity index (χ4n) is 3.62. The quantitative estimate of drug-likeness (QED) is 0.665. The van der Waals surface area contributed by atoms with Crippen LogP contribution in [0.4, 0.5) is 5.69 Å². The lowest BCUT2D eigenvalue weighted by Gasteiger charge is -2.39. The molecule has 1 aromatic heterocycles. The van der Waals surface area contributed by atoms with Crippen LogP contribution in [0.2, 0.25) is 0 Å². The molecule has 0 saturated carbocycles. The first-order valence-electron chi connectivity index (χ1n) is 9.64. The number of tetrazole rings is 1. The van der Waals surface area contributed by atoms with Gasteiger partial charge in [-0.15, -0.1) is 5.10 Å². The molecular weight excluding hydrogens is 344 g/mol. The maximum absolute atomic E-state index is 5.26. The van der Waals surface area contributed by atoms with Crippen LogP contribution in [0.1, 0.15) is 31.6 Å². The molecule has 0 unspecified atom stereocenters. The number of piperazine rings is 1. The van der Waals surface area contributed by atoms with Crippen molar-refractivity contribution >= 4 is 5.69 Å². The first-order valence-corrected chi connectivity index (χ1v) is 9.64. The maximum atomic E-state index is 5.26. The molecule has 148 valence electrons. The van der Waals surface area contributed by atoms with Gasteiger partial charge in [-0.2, -0.15) is 0 Å². The summed E-state index contributed by atoms with van der Waals surface area (Å²) in [7, 11) is 3.40. The highest BCUT2D eigenvalue weighted by molar-refractivity contribution is 5.49. The Bertz CT molecular complexity index is 682. The van der Waals surface area contributed by atoms with E-state index in [4.69, 9.17) is 9.47 Å². The van der Waals surface area contributed by atoms with Crippen LogP contribution >= 0.6 is 0 Å². The molecule has 3 rings (SSSR count). The van der Waals surface area contributed by atoms with E-state index in [1.165, 1.54) is 5.69 Å². The van der Waals surface area contributed by atoms with Crippen molar-refractivity contribution in [3.63, 3.8) is 0 Å². The number of anilines is 1. The Morgan fingerprint density at radius 2 is 1.81 bits per heavy atom. The lowest BCUT2D eigenvalue weighted by molar-refractivity contribution is 0.153. The van der Waals surface area contributed by atoms with Crippen molar-refractivity contribution in [2.75, 3.05) is 51.9 Å². The Morgan fingerprint density at radius 3 is 2.44 bits per heavy atom. The van der Waals surface area contributed by atoms with Gasteiger partial charge in [0.05, 0.1) is 26.3 Å². The number of ether oxygens (including phenoxy) is 2. The van der Waals surface area contributed by atoms with Gasteiger partial charge < -0.3 is 14.4 Å². The first-order chi connectivity index (χ1) is 13.3. The fourth-order valence-corrected chi connectivity index (χ4v) is 3.62. The third-order valence-electron chi connectivity index (χ3n) is 5.12. The molecule has 1 atom stereocenters. The molecule has 1 aromatic carbocycles. The second-order valence-corrected chi connectivity index (χ2v) is 6.78. The lowest BCUT2D eigenvalue weighted by Crippen LogP contribution is -2.48. The molecule has 1 aliphatic heterocycles. The summed E-state index contributed by atoms with van der Waals surface area (Å²) in [5.41, 5.74) is 1.24. The minimum absolute atomic E-state index is 0.250. The van der Waals surface area contributed by atoms with Gasteiger partial charge in [0.25, 0.3) is 0 Å². The standard InChI is InChI=1S/C19H30N6O2/c1-4-5-18(19-20-21-22-25(19)14-15-26-2)24-12-10-23(11-13-24)16-6-8-17(27-3)9-7-16/h6-9,18H,4-5,10-15H2,1-3H3/t18-/m0/s1. The molecule has 1 saturated heterocycles. The summed E-state index contributed by atoms with van der Waals surface area (Å²) in [5, 5.41) is 12.4. The van der Waals surface area contributed by atoms with E-state index in [-0.39, 0.29) is 6.04 Å². The van der Waals surface area contributed by atoms with Crippen molar-refractivity contribution in [2.45, 2.75) is 32.4 Å². The van der Waals surface area contributed by atoms with Gasteiger partial charge in [0.1, 0.15) is 5.75 Å². The van der Waals surface area contributed by atoms with Crippen molar-refractivity contribution in [1.82, 2.24) is 25.1 Å². The molecule has 0 radical (unpaired) electrons. The zero-order chi connectivity index (χ0) is 19.1. The predicted octanol–water partition coefficient (Wildman–Crippen LogP) is 1.99. The van der Waals surface area contributed by atoms with Crippen molar-refractivity contribution in [3.05, 3.63) is 30.1 Å². The van der Waals surface area contributed by atoms with E-state index >= 15 is 0 Å². The van der Waals surface area contributed by atoms with Gasteiger partial charge in [0, 0.05) is 39.0 Å². The molecule has 0 amide bonds. The van der Waals surface area contributed by atoms with Gasteiger partial charge in [0.2, 0.25) is 0 Å². The summed E-state index contributed by atoms with van der Waals surface area (Å²) in [6.07, 6.45) is 2.15. The van der Waals surface area contributed by atoms with E-state index in [0.29, 0.717) is 13.2 Å². The van der Waals surface area contributed by atoms with Crippen LogP contribution < -0.4 is 9.64 Å². The number of hydrogen-bond acceptors (Lipinski definition) is 7. The number of hydrogen-bond donors (Lipinski definition) is 0. The third-order valence-corrected chi connectivity index (χ3v) is 5.12. The van der Waals surface area contributed by atoms with Crippen LogP contribution in [0, 0.1) is 0 Å². The molecule has 2 heterocycles. The topological polar surface area (TPSA) is 68.5 Å². The minimum atomic E-state index is 0.250. The van der Waals surface area contributed by atoms with Crippen molar-refractivity contribution in [2.24, 2.45) is 0 Å². The van der Waals surface area contributed by atoms with Gasteiger partial charge in [-0.25, -0.2) is 4.68 Å². The monoisotopic (exact) mass is 374 g/mol. The Labute approximate surface area is 161 Å². The second-order valence-electron chi connectivity index (χ2n) is 6.78. The lowest BCUT2D eigenvalue weighted by atomic mass is 10.1. The highest BCUT2D eigenvalue weighted by Gasteiger charge is 2.28. The number of nitrogens with zero attached hydrogens (tertiary/aromatic N) is 6. The zero-order valence-corrected chi connectivity index (χ0v) is 16.5. The summed E-state index contributed by atoms with van der Waals surface area (Å²) in [4.78, 5) is 4.94. The van der Waals surface area contributed by atoms with E-state index in [9.17, 15) is 0 Å². The number of methoxy groups -OCH3 is 2. The van der Waals surface area contributed by atoms with Crippen LogP contribution in [0.5, 0.6) is 5.75 Å². The van der Waals surface area contributed by atoms with Gasteiger partial charge in [-0.05, 0) is 41.1 Å². The number of aromatic nitrogens is 4. The minimum Gasteiger partial charge on any atom is -0.497 e. The molecule has 8 nitrogen and oxygen atoms in total. The van der Waals surface area contributed by atoms with E-state index in [1.54, 1.807) is 14.2 Å². The molecule has 1 fully saturated rings. The van der Waals surface area contributed by atoms with E-state index in [0.717, 1.165) is 50.6 Å². The van der Waals surface area contributed by atoms with Crippen LogP contribution in [-0.4, -0.2) is 72.1 Å². The Morgan fingerprint density at radius 1 is 1.07 bits per heavy atom. The van der Waals surface area contributed by atoms with Crippen LogP contribution in [0.3, 0.4) is 0 Å². The van der Waals surface area contributed by atoms with Gasteiger partial charge in [0.15, 0.2) is 5.82 Å². The molecule has 8 heteroatoms. The maximum Gasteiger partial charge on any atom is 0.168 e. The fraction of sp³-hybridized carbons (Fsp3) is 0.632. The first kappa shape index (κ1) is 19.6. The van der Waals surface area contributed by atoms with Crippen LogP contribution in [0.15, 0.2) is 24.3 Å². The molecule has 0 spiro atoms. The molecule has 1 aliphatic rings. The van der Waals surface area contributed by atoms with Crippen molar-refractivity contribution < 1.29 is 9.47 Å². The average molecular weight is 374 g/mol. The van der Waals surface area contributed by atoms with E-state index in [2.05, 4.69) is 44.4 Å². The highest BCUT2D eigenvalue weighted by atomic mass is 16.5. The number of benzene rings is 1. The van der Waals surface area contributed by atoms with E-state index < -0.39 is 0 Å². The van der Waals surface area contributed by atoms with Gasteiger partial charge in [-0.1, -0.05) is 13.3 Å². The van der Waals surface area contributed by atoms with Gasteiger partial charge >= 0.3 is 0 Å². The molecule has 27 heavy (non-hydrogen) atoms. The summed E-state index contributed by atoms with van der Waals surface area (Å²) in [6.45, 7) is 7.48. The van der Waals surface area contributed by atoms with Crippen molar-refractivity contribution in [1.29, 1.82) is 0 Å². The predicted molar refractivity (Wildman–Crippen MR) is 104 cm³/mol. The van der Waals surface area contributed by atoms with Crippen molar-refractivity contribution in [3.8, 4) is 5.75 Å². The van der Waals surface area contributed by atoms with Crippen LogP contribution in [-0.2, 0) is 11.3 Å². The second kappa shape index (κ2) is 9.66. The molecule has 0 bridgehead atoms. The summed E-state index contributed by atoms with van der Waals surface area (Å²) < 4.78 is 12.3. The third kappa shape index (κ3) is 4.75. The van der Waals surface area contributed by atoms with E-state index in [1.807, 2.05) is 16.8 Å². The number of rotatable bonds is 9. The summed E-state index contributed by atoms with van der Waals surface area (Å²) in [6, 6.07) is 8.55. The Hall–Kier alpha value is -2.19. The molecule has 0 aliphatic carbocycles. The molecule has 2 aromatic rings. The Balaban J connectivity index is 1.65. The largest absolute Gasteiger partial charge is 0.497 e. The smallest absolute Gasteiger partial charge is 0.168 e. The summed E-state index contributed by atoms with van der Waals surface area (Å²) in [5.74, 6) is 1.84. The highest BCUT2D eigenvalue weighted by Crippen LogP contribution is 2.27.